The first-order chi connectivity index (χ1) is 9.67. The van der Waals surface area contributed by atoms with Gasteiger partial charge in [0.15, 0.2) is 0 Å². The molecule has 2 heterocycles. The minimum absolute atomic E-state index is 0.0500. The summed E-state index contributed by atoms with van der Waals surface area (Å²) in [6.45, 7) is 2.08. The minimum atomic E-state index is -0.0500. The maximum absolute atomic E-state index is 11.8. The van der Waals surface area contributed by atoms with E-state index in [4.69, 9.17) is 0 Å². The van der Waals surface area contributed by atoms with Crippen molar-refractivity contribution in [1.82, 2.24) is 9.97 Å². The van der Waals surface area contributed by atoms with Gasteiger partial charge >= 0.3 is 0 Å². The number of para-hydroxylation sites is 2. The van der Waals surface area contributed by atoms with Crippen LogP contribution < -0.4 is 15.5 Å². The summed E-state index contributed by atoms with van der Waals surface area (Å²) in [5.41, 5.74) is 1.73. The predicted molar refractivity (Wildman–Crippen MR) is 78.4 cm³/mol. The normalized spacial score (nSPS) is 13.7. The van der Waals surface area contributed by atoms with Crippen molar-refractivity contribution >= 4 is 28.9 Å². The molecule has 0 unspecified atom stereocenters. The summed E-state index contributed by atoms with van der Waals surface area (Å²) < 4.78 is 0. The molecule has 0 spiro atoms. The van der Waals surface area contributed by atoms with Crippen LogP contribution in [0, 0.1) is 6.92 Å². The van der Waals surface area contributed by atoms with Gasteiger partial charge < -0.3 is 15.5 Å². The van der Waals surface area contributed by atoms with E-state index in [1.807, 2.05) is 49.2 Å². The minimum Gasteiger partial charge on any atom is -0.373 e. The molecule has 2 N–H and O–H groups in total. The molecule has 20 heavy (non-hydrogen) atoms. The van der Waals surface area contributed by atoms with E-state index in [0.717, 1.165) is 17.2 Å². The predicted octanol–water partition coefficient (Wildman–Crippen LogP) is 1.92. The molecular formula is C14H15N5O. The lowest BCUT2D eigenvalue weighted by molar-refractivity contribution is -0.115. The Morgan fingerprint density at radius 2 is 2.10 bits per heavy atom. The van der Waals surface area contributed by atoms with E-state index >= 15 is 0 Å². The number of fused-ring (bicyclic) bond motifs is 1. The van der Waals surface area contributed by atoms with Gasteiger partial charge in [-0.15, -0.1) is 0 Å². The first kappa shape index (κ1) is 12.4. The molecule has 0 aliphatic carbocycles. The summed E-state index contributed by atoms with van der Waals surface area (Å²) in [6.07, 6.45) is 0. The van der Waals surface area contributed by atoms with Crippen LogP contribution in [0.1, 0.15) is 5.82 Å². The number of carbonyl (C=O) groups excluding carboxylic acids is 1. The molecule has 102 valence electrons. The van der Waals surface area contributed by atoms with E-state index in [1.54, 1.807) is 0 Å². The van der Waals surface area contributed by atoms with Crippen LogP contribution >= 0.6 is 0 Å². The van der Waals surface area contributed by atoms with Crippen LogP contribution in [0.25, 0.3) is 0 Å². The molecular weight excluding hydrogens is 254 g/mol. The molecule has 1 aliphatic rings. The van der Waals surface area contributed by atoms with Crippen molar-refractivity contribution in [2.45, 2.75) is 6.92 Å². The van der Waals surface area contributed by atoms with Gasteiger partial charge in [0.1, 0.15) is 24.0 Å². The number of nitrogens with zero attached hydrogens (tertiary/aromatic N) is 3. The molecule has 0 bridgehead atoms. The molecule has 1 aromatic carbocycles. The molecule has 2 aromatic rings. The van der Waals surface area contributed by atoms with Crippen LogP contribution in [0.5, 0.6) is 0 Å². The highest BCUT2D eigenvalue weighted by atomic mass is 16.2. The number of aryl methyl sites for hydroxylation is 1. The van der Waals surface area contributed by atoms with E-state index in [2.05, 4.69) is 20.6 Å². The zero-order valence-electron chi connectivity index (χ0n) is 11.3. The Labute approximate surface area is 116 Å². The Morgan fingerprint density at radius 1 is 1.30 bits per heavy atom. The van der Waals surface area contributed by atoms with Crippen molar-refractivity contribution in [2.75, 3.05) is 29.1 Å². The van der Waals surface area contributed by atoms with Crippen LogP contribution in [0.15, 0.2) is 30.3 Å². The third-order valence-electron chi connectivity index (χ3n) is 3.13. The largest absolute Gasteiger partial charge is 0.373 e. The number of rotatable bonds is 2. The van der Waals surface area contributed by atoms with E-state index < -0.39 is 0 Å². The summed E-state index contributed by atoms with van der Waals surface area (Å²) in [6, 6.07) is 9.52. The molecule has 0 radical (unpaired) electrons. The summed E-state index contributed by atoms with van der Waals surface area (Å²) in [7, 11) is 1.81. The number of aromatic nitrogens is 2. The van der Waals surface area contributed by atoms with Gasteiger partial charge in [0.2, 0.25) is 5.91 Å². The maximum atomic E-state index is 11.8. The summed E-state index contributed by atoms with van der Waals surface area (Å²) in [5.74, 6) is 2.06. The zero-order chi connectivity index (χ0) is 14.1. The van der Waals surface area contributed by atoms with Crippen molar-refractivity contribution in [2.24, 2.45) is 0 Å². The van der Waals surface area contributed by atoms with Crippen LogP contribution in [0.2, 0.25) is 0 Å². The Bertz CT molecular complexity index is 670. The van der Waals surface area contributed by atoms with Gasteiger partial charge in [0.05, 0.1) is 11.4 Å². The number of amides is 1. The van der Waals surface area contributed by atoms with E-state index in [0.29, 0.717) is 11.6 Å². The maximum Gasteiger partial charge on any atom is 0.244 e. The van der Waals surface area contributed by atoms with Gasteiger partial charge in [0.25, 0.3) is 0 Å². The van der Waals surface area contributed by atoms with Crippen LogP contribution in [0.3, 0.4) is 0 Å². The highest BCUT2D eigenvalue weighted by Crippen LogP contribution is 2.34. The Balaban J connectivity index is 2.10. The second-order valence-electron chi connectivity index (χ2n) is 4.56. The molecule has 1 amide bonds. The summed E-state index contributed by atoms with van der Waals surface area (Å²) >= 11 is 0. The first-order valence-corrected chi connectivity index (χ1v) is 6.37. The second kappa shape index (κ2) is 4.80. The molecule has 1 aromatic heterocycles. The molecule has 6 nitrogen and oxygen atoms in total. The number of carbonyl (C=O) groups is 1. The van der Waals surface area contributed by atoms with Crippen molar-refractivity contribution in [1.29, 1.82) is 0 Å². The average Bonchev–Trinajstić information content (AvgIpc) is 2.45. The van der Waals surface area contributed by atoms with Crippen molar-refractivity contribution in [3.05, 3.63) is 36.2 Å². The Morgan fingerprint density at radius 3 is 2.90 bits per heavy atom. The van der Waals surface area contributed by atoms with Crippen LogP contribution in [-0.2, 0) is 4.79 Å². The van der Waals surface area contributed by atoms with Crippen LogP contribution in [0.4, 0.5) is 23.0 Å². The van der Waals surface area contributed by atoms with Crippen LogP contribution in [-0.4, -0.2) is 29.5 Å². The second-order valence-corrected chi connectivity index (χ2v) is 4.56. The monoisotopic (exact) mass is 269 g/mol. The van der Waals surface area contributed by atoms with E-state index in [9.17, 15) is 4.79 Å². The Kier molecular flexibility index (Phi) is 2.98. The zero-order valence-corrected chi connectivity index (χ0v) is 11.3. The summed E-state index contributed by atoms with van der Waals surface area (Å²) in [5, 5.41) is 5.87. The molecule has 0 saturated carbocycles. The number of benzene rings is 1. The lowest BCUT2D eigenvalue weighted by Gasteiger charge is -2.30. The topological polar surface area (TPSA) is 70.2 Å². The fourth-order valence-corrected chi connectivity index (χ4v) is 2.26. The number of nitrogens with one attached hydrogen (secondary N) is 2. The molecule has 0 fully saturated rings. The van der Waals surface area contributed by atoms with Crippen molar-refractivity contribution in [3.63, 3.8) is 0 Å². The van der Waals surface area contributed by atoms with E-state index in [1.165, 1.54) is 0 Å². The SMILES string of the molecule is CNc1cc(N2CC(=O)Nc3ccccc32)nc(C)n1. The van der Waals surface area contributed by atoms with Gasteiger partial charge in [0, 0.05) is 13.1 Å². The molecule has 0 saturated heterocycles. The molecule has 1 aliphatic heterocycles. The third kappa shape index (κ3) is 2.16. The third-order valence-corrected chi connectivity index (χ3v) is 3.13. The average molecular weight is 269 g/mol. The van der Waals surface area contributed by atoms with Crippen molar-refractivity contribution < 1.29 is 4.79 Å². The van der Waals surface area contributed by atoms with Crippen molar-refractivity contribution in [3.8, 4) is 0 Å². The highest BCUT2D eigenvalue weighted by molar-refractivity contribution is 6.02. The quantitative estimate of drug-likeness (QED) is 0.871. The lowest BCUT2D eigenvalue weighted by atomic mass is 10.2. The van der Waals surface area contributed by atoms with Gasteiger partial charge in [-0.3, -0.25) is 4.79 Å². The smallest absolute Gasteiger partial charge is 0.244 e. The number of hydrogen-bond acceptors (Lipinski definition) is 5. The number of anilines is 4. The standard InChI is InChI=1S/C14H15N5O/c1-9-16-12(15-2)7-13(17-9)19-8-14(20)18-10-5-3-4-6-11(10)19/h3-7H,8H2,1-2H3,(H,18,20)(H,15,16,17). The Hall–Kier alpha value is -2.63. The van der Waals surface area contributed by atoms with Gasteiger partial charge in [-0.05, 0) is 19.1 Å². The fourth-order valence-electron chi connectivity index (χ4n) is 2.26. The fraction of sp³-hybridized carbons (Fsp3) is 0.214. The van der Waals surface area contributed by atoms with Gasteiger partial charge in [-0.2, -0.15) is 0 Å². The molecule has 0 atom stereocenters. The lowest BCUT2D eigenvalue weighted by Crippen LogP contribution is -2.35. The first-order valence-electron chi connectivity index (χ1n) is 6.37. The molecule has 3 rings (SSSR count). The van der Waals surface area contributed by atoms with Gasteiger partial charge in [-0.1, -0.05) is 12.1 Å². The summed E-state index contributed by atoms with van der Waals surface area (Å²) in [4.78, 5) is 22.4. The van der Waals surface area contributed by atoms with Gasteiger partial charge in [-0.25, -0.2) is 9.97 Å². The highest BCUT2D eigenvalue weighted by Gasteiger charge is 2.24. The number of hydrogen-bond donors (Lipinski definition) is 2. The van der Waals surface area contributed by atoms with E-state index in [-0.39, 0.29) is 12.5 Å². The molecule has 6 heteroatoms.